The number of likely N-dealkylation sites (N-methyl/N-ethyl adjacent to an activating group) is 2. The maximum absolute atomic E-state index is 12.8. The Kier molecular flexibility index (Phi) is 3.76. The molecule has 1 atom stereocenters. The smallest absolute Gasteiger partial charge is 0.370 e. The van der Waals surface area contributed by atoms with Gasteiger partial charge < -0.3 is 9.80 Å². The minimum Gasteiger partial charge on any atom is -0.370 e. The van der Waals surface area contributed by atoms with E-state index in [0.717, 1.165) is 19.5 Å². The molecule has 0 amide bonds. The Hall–Kier alpha value is -1.23. The molecule has 5 heteroatoms. The molecule has 1 aromatic rings. The lowest BCUT2D eigenvalue weighted by Gasteiger charge is -2.27. The Labute approximate surface area is 111 Å². The van der Waals surface area contributed by atoms with Crippen molar-refractivity contribution >= 4 is 5.69 Å². The highest BCUT2D eigenvalue weighted by atomic mass is 19.4. The third kappa shape index (κ3) is 3.21. The zero-order valence-electron chi connectivity index (χ0n) is 11.5. The highest BCUT2D eigenvalue weighted by molar-refractivity contribution is 5.52. The molecule has 0 radical (unpaired) electrons. The third-order valence-electron chi connectivity index (χ3n) is 3.71. The van der Waals surface area contributed by atoms with E-state index >= 15 is 0 Å². The van der Waals surface area contributed by atoms with Crippen molar-refractivity contribution in [1.29, 1.82) is 0 Å². The van der Waals surface area contributed by atoms with E-state index in [0.29, 0.717) is 11.3 Å². The number of halogens is 3. The quantitative estimate of drug-likeness (QED) is 0.816. The van der Waals surface area contributed by atoms with Crippen LogP contribution in [0.25, 0.3) is 0 Å². The van der Waals surface area contributed by atoms with E-state index in [1.54, 1.807) is 6.92 Å². The van der Waals surface area contributed by atoms with E-state index in [4.69, 9.17) is 0 Å². The number of nitrogens with zero attached hydrogens (tertiary/aromatic N) is 2. The van der Waals surface area contributed by atoms with Gasteiger partial charge in [-0.2, -0.15) is 13.2 Å². The van der Waals surface area contributed by atoms with Gasteiger partial charge in [0.2, 0.25) is 0 Å². The van der Waals surface area contributed by atoms with Gasteiger partial charge in [0, 0.05) is 25.3 Å². The number of benzene rings is 1. The van der Waals surface area contributed by atoms with Crippen molar-refractivity contribution in [2.75, 3.05) is 32.1 Å². The number of alkyl halides is 3. The lowest BCUT2D eigenvalue weighted by Crippen LogP contribution is -2.33. The first-order valence-corrected chi connectivity index (χ1v) is 6.37. The van der Waals surface area contributed by atoms with Crippen LogP contribution in [-0.2, 0) is 6.18 Å². The number of rotatable bonds is 2. The van der Waals surface area contributed by atoms with Crippen molar-refractivity contribution < 1.29 is 13.2 Å². The molecule has 0 aromatic heterocycles. The Morgan fingerprint density at radius 3 is 2.47 bits per heavy atom. The lowest BCUT2D eigenvalue weighted by atomic mass is 10.1. The van der Waals surface area contributed by atoms with Crippen LogP contribution >= 0.6 is 0 Å². The highest BCUT2D eigenvalue weighted by Gasteiger charge is 2.32. The zero-order chi connectivity index (χ0) is 14.2. The minimum absolute atomic E-state index is 0.285. The van der Waals surface area contributed by atoms with E-state index < -0.39 is 11.7 Å². The Bertz CT molecular complexity index is 456. The molecule has 0 aliphatic carbocycles. The van der Waals surface area contributed by atoms with E-state index in [1.807, 2.05) is 25.1 Å². The number of hydrogen-bond acceptors (Lipinski definition) is 2. The summed E-state index contributed by atoms with van der Waals surface area (Å²) in [5.41, 5.74) is 0.719. The fraction of sp³-hybridized carbons (Fsp3) is 0.571. The summed E-state index contributed by atoms with van der Waals surface area (Å²) in [5.74, 6) is 0. The molecule has 0 N–H and O–H groups in total. The molecule has 1 heterocycles. The molecule has 1 aliphatic rings. The molecule has 1 unspecified atom stereocenters. The fourth-order valence-corrected chi connectivity index (χ4v) is 2.57. The van der Waals surface area contributed by atoms with Gasteiger partial charge in [0.05, 0.1) is 5.56 Å². The number of hydrogen-bond donors (Lipinski definition) is 0. The molecular formula is C14H19F3N2. The van der Waals surface area contributed by atoms with E-state index in [9.17, 15) is 13.2 Å². The highest BCUT2D eigenvalue weighted by Crippen LogP contribution is 2.33. The van der Waals surface area contributed by atoms with Gasteiger partial charge in [-0.25, -0.2) is 0 Å². The summed E-state index contributed by atoms with van der Waals surface area (Å²) in [6.07, 6.45) is -3.30. The summed E-state index contributed by atoms with van der Waals surface area (Å²) in [7, 11) is 3.91. The van der Waals surface area contributed by atoms with Gasteiger partial charge in [-0.1, -0.05) is 0 Å². The normalized spacial score (nSPS) is 20.8. The van der Waals surface area contributed by atoms with Crippen LogP contribution in [0.5, 0.6) is 0 Å². The minimum atomic E-state index is -4.28. The van der Waals surface area contributed by atoms with Crippen LogP contribution < -0.4 is 4.90 Å². The van der Waals surface area contributed by atoms with Crippen molar-refractivity contribution in [2.24, 2.45) is 0 Å². The molecule has 0 saturated carbocycles. The monoisotopic (exact) mass is 272 g/mol. The summed E-state index contributed by atoms with van der Waals surface area (Å²) in [5, 5.41) is 0. The second-order valence-electron chi connectivity index (χ2n) is 5.37. The molecular weight excluding hydrogens is 253 g/mol. The van der Waals surface area contributed by atoms with Crippen LogP contribution in [0.3, 0.4) is 0 Å². The summed E-state index contributed by atoms with van der Waals surface area (Å²) in [6, 6.07) is 4.53. The van der Waals surface area contributed by atoms with Crippen LogP contribution in [0, 0.1) is 6.92 Å². The van der Waals surface area contributed by atoms with Gasteiger partial charge in [-0.3, -0.25) is 0 Å². The number of likely N-dealkylation sites (tertiary alicyclic amines) is 1. The Balaban J connectivity index is 2.27. The molecule has 0 bridgehead atoms. The molecule has 0 spiro atoms. The van der Waals surface area contributed by atoms with Crippen molar-refractivity contribution in [1.82, 2.24) is 4.90 Å². The van der Waals surface area contributed by atoms with Crippen LogP contribution in [0.2, 0.25) is 0 Å². The van der Waals surface area contributed by atoms with Crippen molar-refractivity contribution in [3.8, 4) is 0 Å². The number of aryl methyl sites for hydroxylation is 1. The van der Waals surface area contributed by atoms with Gasteiger partial charge in [0.15, 0.2) is 0 Å². The molecule has 1 saturated heterocycles. The van der Waals surface area contributed by atoms with Crippen molar-refractivity contribution in [2.45, 2.75) is 25.6 Å². The van der Waals surface area contributed by atoms with Crippen LogP contribution in [0.4, 0.5) is 18.9 Å². The van der Waals surface area contributed by atoms with Gasteiger partial charge >= 0.3 is 6.18 Å². The summed E-state index contributed by atoms with van der Waals surface area (Å²) in [4.78, 5) is 4.16. The first-order chi connectivity index (χ1) is 8.77. The lowest BCUT2D eigenvalue weighted by molar-refractivity contribution is -0.137. The molecule has 1 aliphatic heterocycles. The largest absolute Gasteiger partial charge is 0.416 e. The second kappa shape index (κ2) is 5.04. The fourth-order valence-electron chi connectivity index (χ4n) is 2.57. The average molecular weight is 272 g/mol. The van der Waals surface area contributed by atoms with E-state index in [2.05, 4.69) is 4.90 Å². The average Bonchev–Trinajstić information content (AvgIpc) is 2.73. The summed E-state index contributed by atoms with van der Waals surface area (Å²) >= 11 is 0. The molecule has 106 valence electrons. The first-order valence-electron chi connectivity index (χ1n) is 6.37. The predicted molar refractivity (Wildman–Crippen MR) is 70.5 cm³/mol. The molecule has 1 aromatic carbocycles. The van der Waals surface area contributed by atoms with Gasteiger partial charge in [0.25, 0.3) is 0 Å². The van der Waals surface area contributed by atoms with E-state index in [1.165, 1.54) is 12.1 Å². The molecule has 19 heavy (non-hydrogen) atoms. The maximum Gasteiger partial charge on any atom is 0.416 e. The first kappa shape index (κ1) is 14.2. The Morgan fingerprint density at radius 1 is 1.26 bits per heavy atom. The van der Waals surface area contributed by atoms with E-state index in [-0.39, 0.29) is 6.04 Å². The SMILES string of the molecule is Cc1cc(N(C)C2CCN(C)C2)cc(C(F)(F)F)c1. The van der Waals surface area contributed by atoms with Gasteiger partial charge in [-0.05, 0) is 50.7 Å². The van der Waals surface area contributed by atoms with Crippen LogP contribution in [0.15, 0.2) is 18.2 Å². The Morgan fingerprint density at radius 2 is 1.95 bits per heavy atom. The second-order valence-corrected chi connectivity index (χ2v) is 5.37. The van der Waals surface area contributed by atoms with Crippen molar-refractivity contribution in [3.05, 3.63) is 29.3 Å². The number of anilines is 1. The summed E-state index contributed by atoms with van der Waals surface area (Å²) < 4.78 is 38.5. The zero-order valence-corrected chi connectivity index (χ0v) is 11.5. The predicted octanol–water partition coefficient (Wildman–Crippen LogP) is 3.15. The van der Waals surface area contributed by atoms with Crippen LogP contribution in [-0.4, -0.2) is 38.1 Å². The molecule has 2 nitrogen and oxygen atoms in total. The standard InChI is InChI=1S/C14H19F3N2/c1-10-6-11(14(15,16)17)8-13(7-10)19(3)12-4-5-18(2)9-12/h6-8,12H,4-5,9H2,1-3H3. The molecule has 2 rings (SSSR count). The topological polar surface area (TPSA) is 6.48 Å². The summed E-state index contributed by atoms with van der Waals surface area (Å²) in [6.45, 7) is 3.59. The van der Waals surface area contributed by atoms with Gasteiger partial charge in [0.1, 0.15) is 0 Å². The van der Waals surface area contributed by atoms with Crippen molar-refractivity contribution in [3.63, 3.8) is 0 Å². The van der Waals surface area contributed by atoms with Gasteiger partial charge in [-0.15, -0.1) is 0 Å². The maximum atomic E-state index is 12.8. The molecule has 1 fully saturated rings. The third-order valence-corrected chi connectivity index (χ3v) is 3.71. The van der Waals surface area contributed by atoms with Crippen LogP contribution in [0.1, 0.15) is 17.5 Å².